The maximum atomic E-state index is 12.0. The highest BCUT2D eigenvalue weighted by molar-refractivity contribution is 5.85. The van der Waals surface area contributed by atoms with Crippen molar-refractivity contribution in [3.05, 3.63) is 35.4 Å². The molecule has 0 heterocycles. The van der Waals surface area contributed by atoms with E-state index < -0.39 is 0 Å². The summed E-state index contributed by atoms with van der Waals surface area (Å²) in [5, 5.41) is 0. The summed E-state index contributed by atoms with van der Waals surface area (Å²) >= 11 is 0. The fourth-order valence-corrected chi connectivity index (χ4v) is 2.45. The van der Waals surface area contributed by atoms with Crippen LogP contribution in [0.15, 0.2) is 24.3 Å². The molecule has 3 nitrogen and oxygen atoms in total. The van der Waals surface area contributed by atoms with Crippen molar-refractivity contribution < 1.29 is 14.3 Å². The van der Waals surface area contributed by atoms with Gasteiger partial charge in [0.05, 0.1) is 13.0 Å². The molecule has 3 heteroatoms. The van der Waals surface area contributed by atoms with Gasteiger partial charge in [0.15, 0.2) is 0 Å². The molecule has 0 amide bonds. The minimum absolute atomic E-state index is 0.0526. The third-order valence-electron chi connectivity index (χ3n) is 3.39. The smallest absolute Gasteiger partial charge is 0.306 e. The van der Waals surface area contributed by atoms with Gasteiger partial charge in [-0.3, -0.25) is 9.59 Å². The molecule has 0 aliphatic heterocycles. The van der Waals surface area contributed by atoms with Crippen molar-refractivity contribution in [2.24, 2.45) is 5.92 Å². The zero-order valence-electron chi connectivity index (χ0n) is 10.6. The fraction of sp³-hybridized carbons (Fsp3) is 0.467. The molecule has 0 radical (unpaired) electrons. The number of Topliss-reactive ketones (excluding diaryl/α,β-unsaturated/α-hetero) is 1. The second-order valence-electron chi connectivity index (χ2n) is 4.65. The van der Waals surface area contributed by atoms with Crippen LogP contribution in [0.1, 0.15) is 30.9 Å². The predicted octanol–water partition coefficient (Wildman–Crippen LogP) is 2.31. The summed E-state index contributed by atoms with van der Waals surface area (Å²) in [6.07, 6.45) is 2.15. The van der Waals surface area contributed by atoms with E-state index in [-0.39, 0.29) is 24.1 Å². The monoisotopic (exact) mass is 246 g/mol. The van der Waals surface area contributed by atoms with Crippen LogP contribution in [-0.4, -0.2) is 18.4 Å². The Bertz CT molecular complexity index is 426. The predicted molar refractivity (Wildman–Crippen MR) is 68.2 cm³/mol. The average molecular weight is 246 g/mol. The Balaban J connectivity index is 1.84. The van der Waals surface area contributed by atoms with Gasteiger partial charge in [-0.1, -0.05) is 24.3 Å². The molecular weight excluding hydrogens is 228 g/mol. The van der Waals surface area contributed by atoms with E-state index in [1.165, 1.54) is 11.1 Å². The first-order chi connectivity index (χ1) is 8.70. The van der Waals surface area contributed by atoms with Gasteiger partial charge < -0.3 is 4.74 Å². The molecule has 1 aliphatic carbocycles. The van der Waals surface area contributed by atoms with Crippen molar-refractivity contribution in [2.75, 3.05) is 6.61 Å². The molecule has 0 N–H and O–H groups in total. The van der Waals surface area contributed by atoms with Gasteiger partial charge in [-0.25, -0.2) is 0 Å². The Morgan fingerprint density at radius 3 is 2.33 bits per heavy atom. The van der Waals surface area contributed by atoms with E-state index in [9.17, 15) is 9.59 Å². The SMILES string of the molecule is CCOC(=O)CCC(=O)C1Cc2ccccc2C1. The van der Waals surface area contributed by atoms with Gasteiger partial charge in [-0.15, -0.1) is 0 Å². The molecule has 2 rings (SSSR count). The van der Waals surface area contributed by atoms with Crippen LogP contribution in [0.2, 0.25) is 0 Å². The number of hydrogen-bond donors (Lipinski definition) is 0. The zero-order chi connectivity index (χ0) is 13.0. The quantitative estimate of drug-likeness (QED) is 0.749. The van der Waals surface area contributed by atoms with Crippen molar-refractivity contribution in [1.82, 2.24) is 0 Å². The molecular formula is C15H18O3. The van der Waals surface area contributed by atoms with Crippen molar-refractivity contribution in [1.29, 1.82) is 0 Å². The van der Waals surface area contributed by atoms with Gasteiger partial charge in [-0.2, -0.15) is 0 Å². The third-order valence-corrected chi connectivity index (χ3v) is 3.39. The van der Waals surface area contributed by atoms with Crippen LogP contribution >= 0.6 is 0 Å². The van der Waals surface area contributed by atoms with E-state index in [0.29, 0.717) is 13.0 Å². The number of carbonyl (C=O) groups excluding carboxylic acids is 2. The summed E-state index contributed by atoms with van der Waals surface area (Å²) in [7, 11) is 0. The van der Waals surface area contributed by atoms with Crippen molar-refractivity contribution >= 4 is 11.8 Å². The molecule has 96 valence electrons. The summed E-state index contributed by atoms with van der Waals surface area (Å²) in [6, 6.07) is 8.16. The number of carbonyl (C=O) groups is 2. The number of esters is 1. The van der Waals surface area contributed by atoms with Gasteiger partial charge in [-0.05, 0) is 30.9 Å². The van der Waals surface area contributed by atoms with Gasteiger partial charge in [0.2, 0.25) is 0 Å². The summed E-state index contributed by atoms with van der Waals surface area (Å²) in [4.78, 5) is 23.2. The van der Waals surface area contributed by atoms with Crippen LogP contribution in [0.4, 0.5) is 0 Å². The zero-order valence-corrected chi connectivity index (χ0v) is 10.6. The lowest BCUT2D eigenvalue weighted by Gasteiger charge is -2.07. The number of rotatable bonds is 5. The van der Waals surface area contributed by atoms with Crippen molar-refractivity contribution in [2.45, 2.75) is 32.6 Å². The second-order valence-corrected chi connectivity index (χ2v) is 4.65. The lowest BCUT2D eigenvalue weighted by Crippen LogP contribution is -2.16. The molecule has 0 saturated carbocycles. The molecule has 0 unspecified atom stereocenters. The van der Waals surface area contributed by atoms with E-state index in [4.69, 9.17) is 4.74 Å². The number of hydrogen-bond acceptors (Lipinski definition) is 3. The Kier molecular flexibility index (Phi) is 4.13. The molecule has 0 fully saturated rings. The molecule has 18 heavy (non-hydrogen) atoms. The average Bonchev–Trinajstić information content (AvgIpc) is 2.80. The van der Waals surface area contributed by atoms with Crippen LogP contribution < -0.4 is 0 Å². The van der Waals surface area contributed by atoms with Crippen LogP contribution in [0, 0.1) is 5.92 Å². The van der Waals surface area contributed by atoms with E-state index >= 15 is 0 Å². The van der Waals surface area contributed by atoms with Crippen LogP contribution in [0.3, 0.4) is 0 Å². The third kappa shape index (κ3) is 2.97. The van der Waals surface area contributed by atoms with Crippen LogP contribution in [-0.2, 0) is 27.2 Å². The number of ether oxygens (including phenoxy) is 1. The van der Waals surface area contributed by atoms with Crippen molar-refractivity contribution in [3.63, 3.8) is 0 Å². The first-order valence-electron chi connectivity index (χ1n) is 6.45. The summed E-state index contributed by atoms with van der Waals surface area (Å²) in [6.45, 7) is 2.15. The summed E-state index contributed by atoms with van der Waals surface area (Å²) < 4.78 is 4.83. The number of fused-ring (bicyclic) bond motifs is 1. The Morgan fingerprint density at radius 2 is 1.78 bits per heavy atom. The number of ketones is 1. The highest BCUT2D eigenvalue weighted by Gasteiger charge is 2.26. The van der Waals surface area contributed by atoms with Crippen LogP contribution in [0.5, 0.6) is 0 Å². The molecule has 1 aliphatic rings. The van der Waals surface area contributed by atoms with Crippen molar-refractivity contribution in [3.8, 4) is 0 Å². The largest absolute Gasteiger partial charge is 0.466 e. The van der Waals surface area contributed by atoms with Gasteiger partial charge in [0.1, 0.15) is 5.78 Å². The van der Waals surface area contributed by atoms with Gasteiger partial charge in [0, 0.05) is 12.3 Å². The fourth-order valence-electron chi connectivity index (χ4n) is 2.45. The molecule has 0 spiro atoms. The lowest BCUT2D eigenvalue weighted by molar-refractivity contribution is -0.144. The molecule has 0 saturated heterocycles. The van der Waals surface area contributed by atoms with E-state index in [0.717, 1.165) is 12.8 Å². The number of benzene rings is 1. The standard InChI is InChI=1S/C15H18O3/c1-2-18-15(17)8-7-14(16)13-9-11-5-3-4-6-12(11)10-13/h3-6,13H,2,7-10H2,1H3. The van der Waals surface area contributed by atoms with Gasteiger partial charge >= 0.3 is 5.97 Å². The van der Waals surface area contributed by atoms with E-state index in [1.54, 1.807) is 6.92 Å². The highest BCUT2D eigenvalue weighted by atomic mass is 16.5. The van der Waals surface area contributed by atoms with Gasteiger partial charge in [0.25, 0.3) is 0 Å². The first kappa shape index (κ1) is 12.8. The normalized spacial score (nSPS) is 14.3. The molecule has 0 atom stereocenters. The maximum Gasteiger partial charge on any atom is 0.306 e. The second kappa shape index (κ2) is 5.80. The Labute approximate surface area is 107 Å². The topological polar surface area (TPSA) is 43.4 Å². The highest BCUT2D eigenvalue weighted by Crippen LogP contribution is 2.27. The lowest BCUT2D eigenvalue weighted by atomic mass is 9.97. The van der Waals surface area contributed by atoms with E-state index in [1.807, 2.05) is 12.1 Å². The minimum atomic E-state index is -0.277. The maximum absolute atomic E-state index is 12.0. The molecule has 1 aromatic rings. The summed E-state index contributed by atoms with van der Waals surface area (Å²) in [5.74, 6) is -0.0440. The molecule has 1 aromatic carbocycles. The summed E-state index contributed by atoms with van der Waals surface area (Å²) in [5.41, 5.74) is 2.54. The van der Waals surface area contributed by atoms with Crippen LogP contribution in [0.25, 0.3) is 0 Å². The molecule has 0 aromatic heterocycles. The molecule has 0 bridgehead atoms. The Morgan fingerprint density at radius 1 is 1.17 bits per heavy atom. The first-order valence-corrected chi connectivity index (χ1v) is 6.45. The van der Waals surface area contributed by atoms with E-state index in [2.05, 4.69) is 12.1 Å². The Hall–Kier alpha value is -1.64. The minimum Gasteiger partial charge on any atom is -0.466 e.